The first-order valence-electron chi connectivity index (χ1n) is 14.6. The van der Waals surface area contributed by atoms with Crippen LogP contribution in [0.4, 0.5) is 18.0 Å². The average Bonchev–Trinajstić information content (AvgIpc) is 3.52. The first-order valence-corrected chi connectivity index (χ1v) is 15.8. The van der Waals surface area contributed by atoms with E-state index in [0.29, 0.717) is 44.6 Å². The number of nitrogens with one attached hydrogen (secondary N) is 4. The summed E-state index contributed by atoms with van der Waals surface area (Å²) in [6.07, 6.45) is 0.732. The van der Waals surface area contributed by atoms with Crippen LogP contribution in [0.1, 0.15) is 71.6 Å². The molecule has 44 heavy (non-hydrogen) atoms. The fraction of sp³-hybridized carbons (Fsp3) is 0.724. The Labute approximate surface area is 263 Å². The van der Waals surface area contributed by atoms with Crippen LogP contribution in [-0.2, 0) is 26.5 Å². The Balaban J connectivity index is 0.000000347. The van der Waals surface area contributed by atoms with E-state index in [-0.39, 0.29) is 17.4 Å². The lowest BCUT2D eigenvalue weighted by atomic mass is 9.92. The molecule has 3 rings (SSSR count). The highest BCUT2D eigenvalue weighted by atomic mass is 32.2. The number of aldehydes is 1. The van der Waals surface area contributed by atoms with Gasteiger partial charge in [0, 0.05) is 49.2 Å². The number of halogens is 3. The standard InChI is InChI=1S/C15H29NO3.C9H13F3N4.C5H8N2OS/c1-6-7-8-13(18)16-11-15(4,5)19-10-9-14(2,3)12-17;1-15-4-6-2-3-7(16-5-6)8(13,14)9(10,11)12;8-5-6-3-1-9-2-4(3)7-5/h12H,6-11H2,1-5H3,(H,16,18);2-3,5,15H,4,13-14H2,1H3;3-4H,1-2H2,(H2,6,7,8)/t;;3-,4+. The second-order valence-electron chi connectivity index (χ2n) is 12.2. The van der Waals surface area contributed by atoms with Crippen molar-refractivity contribution in [3.63, 3.8) is 0 Å². The van der Waals surface area contributed by atoms with Gasteiger partial charge in [-0.05, 0) is 45.4 Å². The number of urea groups is 1. The lowest BCUT2D eigenvalue weighted by Crippen LogP contribution is -2.58. The van der Waals surface area contributed by atoms with Crippen LogP contribution >= 0.6 is 11.8 Å². The molecule has 0 unspecified atom stereocenters. The molecule has 0 bridgehead atoms. The number of pyridine rings is 1. The van der Waals surface area contributed by atoms with Gasteiger partial charge in [-0.25, -0.2) is 4.79 Å². The number of carbonyl (C=O) groups is 3. The van der Waals surface area contributed by atoms with Gasteiger partial charge >= 0.3 is 12.2 Å². The van der Waals surface area contributed by atoms with Crippen molar-refractivity contribution < 1.29 is 32.3 Å². The summed E-state index contributed by atoms with van der Waals surface area (Å²) in [5.74, 6) is 2.22. The van der Waals surface area contributed by atoms with Crippen LogP contribution < -0.4 is 32.7 Å². The van der Waals surface area contributed by atoms with Crippen molar-refractivity contribution in [3.05, 3.63) is 29.6 Å². The molecule has 2 saturated heterocycles. The summed E-state index contributed by atoms with van der Waals surface area (Å²) in [6, 6.07) is 3.49. The number of fused-ring (bicyclic) bond motifs is 1. The molecule has 3 amide bonds. The fourth-order valence-corrected chi connectivity index (χ4v) is 5.05. The molecule has 0 saturated carbocycles. The summed E-state index contributed by atoms with van der Waals surface area (Å²) < 4.78 is 43.1. The van der Waals surface area contributed by atoms with E-state index in [2.05, 4.69) is 33.2 Å². The molecule has 1 aromatic heterocycles. The molecule has 0 aliphatic carbocycles. The molecule has 1 aromatic rings. The fourth-order valence-electron chi connectivity index (χ4n) is 3.78. The molecule has 2 atom stereocenters. The van der Waals surface area contributed by atoms with E-state index in [0.717, 1.165) is 36.2 Å². The van der Waals surface area contributed by atoms with E-state index < -0.39 is 23.1 Å². The molecular weight excluding hydrogens is 599 g/mol. The largest absolute Gasteiger partial charge is 0.425 e. The van der Waals surface area contributed by atoms with Gasteiger partial charge in [0.1, 0.15) is 6.29 Å². The smallest absolute Gasteiger partial charge is 0.374 e. The van der Waals surface area contributed by atoms with Crippen LogP contribution in [0.5, 0.6) is 0 Å². The first-order chi connectivity index (χ1) is 20.4. The van der Waals surface area contributed by atoms with Crippen molar-refractivity contribution in [2.75, 3.05) is 31.7 Å². The molecule has 3 heterocycles. The number of aromatic nitrogens is 1. The second kappa shape index (κ2) is 17.9. The van der Waals surface area contributed by atoms with Gasteiger partial charge in [-0.1, -0.05) is 33.3 Å². The van der Waals surface area contributed by atoms with E-state index in [4.69, 9.17) is 16.2 Å². The van der Waals surface area contributed by atoms with Crippen molar-refractivity contribution in [2.45, 2.75) is 96.4 Å². The number of rotatable bonds is 13. The highest BCUT2D eigenvalue weighted by Gasteiger charge is 2.51. The van der Waals surface area contributed by atoms with Crippen LogP contribution in [0.15, 0.2) is 18.3 Å². The number of hydrogen-bond donors (Lipinski definition) is 6. The Kier molecular flexibility index (Phi) is 16.1. The zero-order chi connectivity index (χ0) is 33.6. The van der Waals surface area contributed by atoms with Crippen molar-refractivity contribution >= 4 is 30.0 Å². The van der Waals surface area contributed by atoms with Crippen LogP contribution in [0.25, 0.3) is 0 Å². The van der Waals surface area contributed by atoms with E-state index in [1.165, 1.54) is 18.3 Å². The lowest BCUT2D eigenvalue weighted by molar-refractivity contribution is -0.189. The summed E-state index contributed by atoms with van der Waals surface area (Å²) in [7, 11) is 1.72. The maximum atomic E-state index is 12.5. The molecule has 15 heteroatoms. The van der Waals surface area contributed by atoms with Crippen LogP contribution in [0.2, 0.25) is 0 Å². The maximum absolute atomic E-state index is 12.5. The van der Waals surface area contributed by atoms with Gasteiger partial charge in [0.05, 0.1) is 23.4 Å². The number of carbonyl (C=O) groups excluding carboxylic acids is 3. The van der Waals surface area contributed by atoms with Crippen molar-refractivity contribution in [3.8, 4) is 0 Å². The highest BCUT2D eigenvalue weighted by Crippen LogP contribution is 2.31. The molecule has 0 radical (unpaired) electrons. The Hall–Kier alpha value is -2.46. The Morgan fingerprint density at radius 2 is 1.77 bits per heavy atom. The third-order valence-corrected chi connectivity index (χ3v) is 8.03. The minimum absolute atomic E-state index is 0.00491. The summed E-state index contributed by atoms with van der Waals surface area (Å²) in [5.41, 5.74) is 6.72. The number of alkyl halides is 3. The SMILES string of the molecule is CCCCC(=O)NCC(C)(C)OCCC(C)(C)C=O.CNCc1ccc(C(N)(N)C(F)(F)F)nc1.O=C1N[C@H]2CSC[C@H]2N1. The van der Waals surface area contributed by atoms with E-state index >= 15 is 0 Å². The monoisotopic (exact) mass is 649 g/mol. The zero-order valence-corrected chi connectivity index (χ0v) is 27.4. The molecular formula is C29H50F3N7O4S. The third-order valence-electron chi connectivity index (χ3n) is 6.84. The van der Waals surface area contributed by atoms with Gasteiger partial charge in [0.2, 0.25) is 11.6 Å². The maximum Gasteiger partial charge on any atom is 0.425 e. The molecule has 0 spiro atoms. The number of nitrogens with two attached hydrogens (primary N) is 2. The van der Waals surface area contributed by atoms with Gasteiger partial charge in [-0.15, -0.1) is 0 Å². The number of ether oxygens (including phenoxy) is 1. The van der Waals surface area contributed by atoms with Crippen molar-refractivity contribution in [1.29, 1.82) is 0 Å². The Bertz CT molecular complexity index is 1030. The molecule has 2 aliphatic rings. The van der Waals surface area contributed by atoms with E-state index in [9.17, 15) is 27.6 Å². The van der Waals surface area contributed by atoms with Crippen molar-refractivity contribution in [2.24, 2.45) is 16.9 Å². The minimum Gasteiger partial charge on any atom is -0.374 e. The normalized spacial score (nSPS) is 18.1. The van der Waals surface area contributed by atoms with Crippen LogP contribution in [0.3, 0.4) is 0 Å². The zero-order valence-electron chi connectivity index (χ0n) is 26.6. The van der Waals surface area contributed by atoms with Gasteiger partial charge < -0.3 is 42.3 Å². The van der Waals surface area contributed by atoms with Crippen LogP contribution in [0, 0.1) is 5.41 Å². The number of unbranched alkanes of at least 4 members (excludes halogenated alkanes) is 1. The van der Waals surface area contributed by atoms with Gasteiger partial charge in [-0.3, -0.25) is 9.78 Å². The Morgan fingerprint density at radius 3 is 2.25 bits per heavy atom. The molecule has 11 nitrogen and oxygen atoms in total. The predicted molar refractivity (Wildman–Crippen MR) is 167 cm³/mol. The van der Waals surface area contributed by atoms with Gasteiger partial charge in [-0.2, -0.15) is 24.9 Å². The van der Waals surface area contributed by atoms with Crippen molar-refractivity contribution in [1.82, 2.24) is 26.3 Å². The number of thioether (sulfide) groups is 1. The van der Waals surface area contributed by atoms with Gasteiger partial charge in [0.25, 0.3) is 0 Å². The Morgan fingerprint density at radius 1 is 1.16 bits per heavy atom. The van der Waals surface area contributed by atoms with E-state index in [1.54, 1.807) is 7.05 Å². The van der Waals surface area contributed by atoms with Crippen LogP contribution in [-0.4, -0.2) is 78.8 Å². The summed E-state index contributed by atoms with van der Waals surface area (Å²) in [4.78, 5) is 36.6. The summed E-state index contributed by atoms with van der Waals surface area (Å²) in [5, 5.41) is 11.4. The third kappa shape index (κ3) is 14.1. The molecule has 2 aliphatic heterocycles. The average molecular weight is 650 g/mol. The second-order valence-corrected chi connectivity index (χ2v) is 13.2. The minimum atomic E-state index is -4.73. The predicted octanol–water partition coefficient (Wildman–Crippen LogP) is 2.92. The number of amides is 3. The highest BCUT2D eigenvalue weighted by molar-refractivity contribution is 7.99. The number of hydrogen-bond acceptors (Lipinski definition) is 9. The topological polar surface area (TPSA) is 173 Å². The van der Waals surface area contributed by atoms with Gasteiger partial charge in [0.15, 0.2) is 0 Å². The molecule has 2 fully saturated rings. The summed E-state index contributed by atoms with van der Waals surface area (Å²) >= 11 is 1.89. The van der Waals surface area contributed by atoms with E-state index in [1.807, 2.05) is 39.5 Å². The molecule has 8 N–H and O–H groups in total. The molecule has 0 aromatic carbocycles. The lowest BCUT2D eigenvalue weighted by Gasteiger charge is -2.27. The molecule has 252 valence electrons. The first kappa shape index (κ1) is 39.6. The summed E-state index contributed by atoms with van der Waals surface area (Å²) in [6.45, 7) is 11.3. The quantitative estimate of drug-likeness (QED) is 0.107. The number of nitrogens with zero attached hydrogens (tertiary/aromatic N) is 1.